The predicted molar refractivity (Wildman–Crippen MR) is 452 cm³/mol. The van der Waals surface area contributed by atoms with Crippen molar-refractivity contribution in [2.24, 2.45) is 0 Å². The Kier molecular flexibility index (Phi) is 33.6. The number of anilines is 6. The molecule has 6 nitrogen and oxygen atoms in total. The van der Waals surface area contributed by atoms with Crippen molar-refractivity contribution in [3.63, 3.8) is 0 Å². The van der Waals surface area contributed by atoms with E-state index in [-0.39, 0.29) is 14.9 Å². The van der Waals surface area contributed by atoms with Crippen LogP contribution in [0.2, 0.25) is 0 Å². The average molecular weight is 1720 g/mol. The van der Waals surface area contributed by atoms with Crippen molar-refractivity contribution in [3.8, 4) is 0 Å². The van der Waals surface area contributed by atoms with E-state index in [2.05, 4.69) is 340 Å². The van der Waals surface area contributed by atoms with Gasteiger partial charge in [0.1, 0.15) is 0 Å². The van der Waals surface area contributed by atoms with Gasteiger partial charge in [0.2, 0.25) is 0 Å². The first kappa shape index (κ1) is 85.5. The second-order valence-corrected chi connectivity index (χ2v) is 38.8. The van der Waals surface area contributed by atoms with Crippen molar-refractivity contribution in [3.05, 3.63) is 349 Å². The molecule has 0 radical (unpaired) electrons. The fraction of sp³-hybridized carbons (Fsp3) is 0.239. The third-order valence-corrected chi connectivity index (χ3v) is 22.3. The van der Waals surface area contributed by atoms with Gasteiger partial charge in [0.25, 0.3) is 0 Å². The Bertz CT molecular complexity index is 3740. The van der Waals surface area contributed by atoms with Crippen LogP contribution in [0.3, 0.4) is 0 Å². The molecule has 0 aromatic heterocycles. The Hall–Kier alpha value is -6.12. The SMILES string of the molecule is Cc1cc(C)c(I)c(C)c1.Cc1cc(C)c(N2C=CN(c3c(C)cc(C)cc3C)[CH-]2)c(C)c1.Cc1cc(C)c(N2C=CN(c3c(C)cc(C)cc3C)[CH-]2)c(C)c1.Cc1cc(C)c(N2C=CN(c3c(C)cc(C)cc3C)[CH-]2)c(C)c1.[CH3-].[CH3-].[Cl][Ru]([Cl])=[CH]c1ccccc1.[Cl][Ru]([Cl])=[CH]c1ccccc1. The molecule has 9 aromatic carbocycles. The fourth-order valence-corrected chi connectivity index (χ4v) is 17.7. The number of aryl methyl sites for hydroxylation is 21. The van der Waals surface area contributed by atoms with Gasteiger partial charge in [-0.25, -0.2) is 0 Å². The van der Waals surface area contributed by atoms with E-state index >= 15 is 0 Å². The molecule has 0 unspecified atom stereocenters. The van der Waals surface area contributed by atoms with Gasteiger partial charge in [-0.3, -0.25) is 0 Å². The zero-order chi connectivity index (χ0) is 72.7. The van der Waals surface area contributed by atoms with E-state index in [9.17, 15) is 0 Å². The van der Waals surface area contributed by atoms with Gasteiger partial charge in [0, 0.05) is 37.7 Å². The van der Waals surface area contributed by atoms with Gasteiger partial charge in [-0.05, 0) is 283 Å². The molecular weight excluding hydrogens is 1610 g/mol. The van der Waals surface area contributed by atoms with Crippen LogP contribution in [-0.2, 0) is 27.0 Å². The first-order valence-electron chi connectivity index (χ1n) is 33.1. The van der Waals surface area contributed by atoms with Crippen molar-refractivity contribution in [2.75, 3.05) is 29.4 Å². The van der Waals surface area contributed by atoms with Gasteiger partial charge < -0.3 is 44.3 Å². The number of hydrogen-bond donors (Lipinski definition) is 0. The molecule has 13 heteroatoms. The molecule has 0 amide bonds. The predicted octanol–water partition coefficient (Wildman–Crippen LogP) is 26.0. The molecular formula is C88H104Cl4IN6Ru2-5. The second kappa shape index (κ2) is 39.7. The van der Waals surface area contributed by atoms with Crippen molar-refractivity contribution >= 4 is 105 Å². The summed E-state index contributed by atoms with van der Waals surface area (Å²) < 4.78 is 5.24. The Labute approximate surface area is 649 Å². The second-order valence-electron chi connectivity index (χ2n) is 26.3. The summed E-state index contributed by atoms with van der Waals surface area (Å²) in [6.07, 6.45) is 12.9. The van der Waals surface area contributed by atoms with Gasteiger partial charge in [-0.1, -0.05) is 124 Å². The van der Waals surface area contributed by atoms with Crippen LogP contribution in [0, 0.1) is 184 Å². The van der Waals surface area contributed by atoms with Crippen molar-refractivity contribution in [1.29, 1.82) is 0 Å². The molecule has 0 atom stereocenters. The molecule has 0 saturated carbocycles. The van der Waals surface area contributed by atoms with Crippen molar-refractivity contribution < 1.29 is 27.0 Å². The number of halogens is 5. The van der Waals surface area contributed by atoms with Crippen molar-refractivity contribution in [2.45, 2.75) is 145 Å². The molecule has 0 bridgehead atoms. The normalized spacial score (nSPS) is 12.7. The average Bonchev–Trinajstić information content (AvgIpc) is 1.68. The molecule has 3 aliphatic heterocycles. The van der Waals surface area contributed by atoms with E-state index < -0.39 is 27.0 Å². The summed E-state index contributed by atoms with van der Waals surface area (Å²) in [5.41, 5.74) is 37.6. The van der Waals surface area contributed by atoms with Crippen LogP contribution in [0.5, 0.6) is 0 Å². The molecule has 3 heterocycles. The molecule has 9 aromatic rings. The topological polar surface area (TPSA) is 19.4 Å². The molecule has 0 fully saturated rings. The Morgan fingerprint density at radius 3 is 0.554 bits per heavy atom. The minimum atomic E-state index is -1.61. The molecule has 3 aliphatic rings. The quantitative estimate of drug-likeness (QED) is 0.0852. The first-order valence-corrected chi connectivity index (χ1v) is 45.1. The van der Waals surface area contributed by atoms with Gasteiger partial charge >= 0.3 is 147 Å². The maximum absolute atomic E-state index is 5.67. The zero-order valence-electron chi connectivity index (χ0n) is 63.5. The summed E-state index contributed by atoms with van der Waals surface area (Å²) >= 11 is -0.844. The Balaban J connectivity index is 0.000000226. The van der Waals surface area contributed by atoms with Gasteiger partial charge in [0.05, 0.1) is 0 Å². The number of rotatable bonds is 8. The van der Waals surface area contributed by atoms with Crippen LogP contribution >= 0.6 is 61.4 Å². The van der Waals surface area contributed by atoms with Gasteiger partial charge in [-0.2, -0.15) is 0 Å². The number of benzene rings is 9. The summed E-state index contributed by atoms with van der Waals surface area (Å²) in [5, 5.41) is 0. The molecule has 0 aliphatic carbocycles. The van der Waals surface area contributed by atoms with Crippen LogP contribution in [0.4, 0.5) is 34.1 Å². The van der Waals surface area contributed by atoms with Gasteiger partial charge in [-0.15, -0.1) is 20.0 Å². The van der Waals surface area contributed by atoms with Gasteiger partial charge in [0.15, 0.2) is 0 Å². The molecule has 0 saturated heterocycles. The standard InChI is InChI=1S/3C21H25N2.C9H11I.2C7H6.2CH3.4ClH.2Ru/c3*1-14-9-16(3)20(17(4)10-14)22-7-8-23(13-22)21-18(5)11-15(2)12-19(21)6;1-6-4-7(2)9(10)8(3)5-6;2*1-7-5-3-2-4-6-7;;;;;;;;/h3*7-13H,1-6H3;4-5H,1-3H3;2*1-6H;2*1H3;4*1H;;/q3*-1;;;;2*-1;;;;;2*+2/p-4. The molecule has 0 spiro atoms. The van der Waals surface area contributed by atoms with Crippen LogP contribution in [-0.4, -0.2) is 9.22 Å². The van der Waals surface area contributed by atoms with Crippen LogP contribution in [0.1, 0.15) is 128 Å². The molecule has 101 heavy (non-hydrogen) atoms. The summed E-state index contributed by atoms with van der Waals surface area (Å²) in [6, 6.07) is 51.2. The summed E-state index contributed by atoms with van der Waals surface area (Å²) in [4.78, 5) is 13.4. The zero-order valence-corrected chi connectivity index (χ0v) is 72.1. The Morgan fingerprint density at radius 1 is 0.257 bits per heavy atom. The summed E-state index contributed by atoms with van der Waals surface area (Å²) in [5.74, 6) is 0. The van der Waals surface area contributed by atoms with E-state index in [1.54, 1.807) is 0 Å². The third kappa shape index (κ3) is 24.2. The van der Waals surface area contributed by atoms with E-state index in [1.165, 1.54) is 155 Å². The molecule has 12 rings (SSSR count). The maximum atomic E-state index is 5.67. The van der Waals surface area contributed by atoms with E-state index in [1.807, 2.05) is 69.9 Å². The monoisotopic (exact) mass is 1720 g/mol. The number of nitrogens with zero attached hydrogens (tertiary/aromatic N) is 6. The van der Waals surface area contributed by atoms with E-state index in [4.69, 9.17) is 38.8 Å². The summed E-state index contributed by atoms with van der Waals surface area (Å²) in [7, 11) is 22.7. The first-order chi connectivity index (χ1) is 46.8. The van der Waals surface area contributed by atoms with Crippen LogP contribution in [0.25, 0.3) is 0 Å². The molecule has 0 N–H and O–H groups in total. The minimum absolute atomic E-state index is 0. The fourth-order valence-electron chi connectivity index (χ4n) is 13.7. The molecule has 542 valence electrons. The Morgan fingerprint density at radius 2 is 0.406 bits per heavy atom. The third-order valence-electron chi connectivity index (χ3n) is 16.8. The number of hydrogen-bond acceptors (Lipinski definition) is 6. The van der Waals surface area contributed by atoms with E-state index in [0.717, 1.165) is 11.1 Å². The van der Waals surface area contributed by atoms with Crippen LogP contribution in [0.15, 0.2) is 183 Å². The van der Waals surface area contributed by atoms with E-state index in [0.29, 0.717) is 0 Å². The summed E-state index contributed by atoms with van der Waals surface area (Å²) in [6.45, 7) is 52.1. The van der Waals surface area contributed by atoms with Crippen molar-refractivity contribution in [1.82, 2.24) is 0 Å². The van der Waals surface area contributed by atoms with Crippen LogP contribution < -0.4 is 29.4 Å².